The minimum Gasteiger partial charge on any atom is -0.328 e. The zero-order valence-corrected chi connectivity index (χ0v) is 7.93. The van der Waals surface area contributed by atoms with E-state index in [1.165, 1.54) is 0 Å². The van der Waals surface area contributed by atoms with Crippen LogP contribution >= 0.6 is 0 Å². The van der Waals surface area contributed by atoms with E-state index in [9.17, 15) is 0 Å². The summed E-state index contributed by atoms with van der Waals surface area (Å²) < 4.78 is 0. The first-order valence-corrected chi connectivity index (χ1v) is 0.565. The molecule has 0 spiro atoms. The van der Waals surface area contributed by atoms with Crippen molar-refractivity contribution in [2.45, 2.75) is 0 Å². The van der Waals surface area contributed by atoms with Crippen molar-refractivity contribution in [2.24, 2.45) is 0 Å². The van der Waals surface area contributed by atoms with Gasteiger partial charge < -0.3 is 5.21 Å². The summed E-state index contributed by atoms with van der Waals surface area (Å²) in [6, 6.07) is 0. The monoisotopic (exact) mass is 305 g/mol. The molecular weight excluding hydrogens is 303 g/mol. The summed E-state index contributed by atoms with van der Waals surface area (Å²) in [6.07, 6.45) is 0. The molecule has 0 saturated carbocycles. The van der Waals surface area contributed by atoms with Crippen molar-refractivity contribution in [1.82, 2.24) is 0 Å². The second-order valence-corrected chi connectivity index (χ2v) is 0.238. The van der Waals surface area contributed by atoms with Crippen LogP contribution < -0.4 is 0 Å². The molecule has 0 heterocycles. The number of rotatable bonds is 0. The fraction of sp³-hybridized carbons (Fsp3) is 0. The van der Waals surface area contributed by atoms with Crippen LogP contribution in [-0.4, -0.2) is 10.3 Å². The fourth-order valence-corrected chi connectivity index (χ4v) is 0. The Morgan fingerprint density at radius 3 is 1.67 bits per heavy atom. The van der Waals surface area contributed by atoms with Gasteiger partial charge in [-0.2, -0.15) is 0 Å². The summed E-state index contributed by atoms with van der Waals surface area (Å²) in [7, 11) is 0. The van der Waals surface area contributed by atoms with Gasteiger partial charge in [0, 0.05) is 82.1 Å². The van der Waals surface area contributed by atoms with E-state index in [0.717, 1.165) is 0 Å². The zero-order chi connectivity index (χ0) is 3.58. The average Bonchev–Trinajstić information content (AvgIpc) is 0.811. The van der Waals surface area contributed by atoms with Crippen LogP contribution in [0.25, 0.3) is 0 Å². The van der Waals surface area contributed by atoms with Gasteiger partial charge in [-0.1, -0.05) is 0 Å². The molecule has 2 radical (unpaired) electrons. The summed E-state index contributed by atoms with van der Waals surface area (Å²) in [5.74, 6) is 0. The van der Waals surface area contributed by atoms with E-state index < -0.39 is 5.09 Å². The molecule has 6 heavy (non-hydrogen) atoms. The SMILES string of the molecule is O=[N+]([O-])O.[Eu].[Y]. The summed E-state index contributed by atoms with van der Waals surface area (Å²) in [5, 5.41) is 13.6. The van der Waals surface area contributed by atoms with Crippen molar-refractivity contribution in [3.8, 4) is 0 Å². The Kier molecular flexibility index (Phi) is 26.1. The molecule has 34 valence electrons. The molecule has 0 fully saturated rings. The van der Waals surface area contributed by atoms with E-state index in [2.05, 4.69) is 0 Å². The van der Waals surface area contributed by atoms with Gasteiger partial charge in [0.05, 0.1) is 0 Å². The van der Waals surface area contributed by atoms with E-state index in [0.29, 0.717) is 0 Å². The Bertz CT molecular complexity index is 33.8. The molecule has 0 aromatic carbocycles. The van der Waals surface area contributed by atoms with E-state index in [-0.39, 0.29) is 82.1 Å². The topological polar surface area (TPSA) is 63.4 Å². The van der Waals surface area contributed by atoms with Crippen molar-refractivity contribution >= 4 is 0 Å². The molecule has 0 aromatic rings. The van der Waals surface area contributed by atoms with Gasteiger partial charge in [0.15, 0.2) is 0 Å². The van der Waals surface area contributed by atoms with Crippen LogP contribution in [0.15, 0.2) is 0 Å². The maximum absolute atomic E-state index is 8.36. The molecule has 4 nitrogen and oxygen atoms in total. The van der Waals surface area contributed by atoms with Crippen molar-refractivity contribution < 1.29 is 92.4 Å². The first kappa shape index (κ1) is 15.7. The van der Waals surface area contributed by atoms with Crippen molar-refractivity contribution in [3.05, 3.63) is 10.1 Å². The molecule has 0 aliphatic rings. The number of hydrogen-bond acceptors (Lipinski definition) is 2. The molecule has 0 bridgehead atoms. The second-order valence-electron chi connectivity index (χ2n) is 0.238. The molecule has 0 unspecified atom stereocenters. The molecule has 6 heteroatoms. The smallest absolute Gasteiger partial charge is 0.291 e. The molecule has 0 aliphatic carbocycles. The Morgan fingerprint density at radius 2 is 1.67 bits per heavy atom. The number of hydrogen-bond donors (Lipinski definition) is 1. The van der Waals surface area contributed by atoms with Gasteiger partial charge in [-0.25, -0.2) is 0 Å². The molecule has 0 rings (SSSR count). The Labute approximate surface area is 100 Å². The summed E-state index contributed by atoms with van der Waals surface area (Å²) in [4.78, 5) is 8.36. The van der Waals surface area contributed by atoms with E-state index >= 15 is 0 Å². The Morgan fingerprint density at radius 1 is 1.67 bits per heavy atom. The first-order valence-electron chi connectivity index (χ1n) is 0.565. The van der Waals surface area contributed by atoms with Crippen molar-refractivity contribution in [1.29, 1.82) is 0 Å². The molecule has 1 N–H and O–H groups in total. The fourth-order valence-electron chi connectivity index (χ4n) is 0. The van der Waals surface area contributed by atoms with Gasteiger partial charge in [0.2, 0.25) is 0 Å². The van der Waals surface area contributed by atoms with Crippen molar-refractivity contribution in [2.75, 3.05) is 0 Å². The van der Waals surface area contributed by atoms with Crippen LogP contribution in [0.4, 0.5) is 0 Å². The minimum atomic E-state index is -1.50. The van der Waals surface area contributed by atoms with Crippen LogP contribution in [-0.2, 0) is 32.7 Å². The van der Waals surface area contributed by atoms with Gasteiger partial charge in [0.1, 0.15) is 0 Å². The van der Waals surface area contributed by atoms with Gasteiger partial charge in [-0.3, -0.25) is 0 Å². The van der Waals surface area contributed by atoms with Gasteiger partial charge in [-0.15, -0.1) is 10.1 Å². The Hall–Kier alpha value is 1.89. The maximum Gasteiger partial charge on any atom is 0.291 e. The molecule has 0 amide bonds. The van der Waals surface area contributed by atoms with Gasteiger partial charge in [-0.05, 0) is 0 Å². The third-order valence-electron chi connectivity index (χ3n) is 0. The van der Waals surface area contributed by atoms with Gasteiger partial charge >= 0.3 is 0 Å². The number of nitrogens with zero attached hydrogens (tertiary/aromatic N) is 1. The molecule has 0 saturated heterocycles. The molecular formula is HEuNO3Y. The van der Waals surface area contributed by atoms with Crippen LogP contribution in [0.3, 0.4) is 0 Å². The Balaban J connectivity index is -0.0000000450. The third kappa shape index (κ3) is 39.5. The van der Waals surface area contributed by atoms with Crippen LogP contribution in [0.5, 0.6) is 0 Å². The van der Waals surface area contributed by atoms with Crippen LogP contribution in [0, 0.1) is 59.5 Å². The van der Waals surface area contributed by atoms with Gasteiger partial charge in [0.25, 0.3) is 5.09 Å². The molecule has 0 aromatic heterocycles. The summed E-state index contributed by atoms with van der Waals surface area (Å²) in [5.41, 5.74) is 0. The normalized spacial score (nSPS) is 4.00. The maximum atomic E-state index is 8.36. The van der Waals surface area contributed by atoms with E-state index in [4.69, 9.17) is 15.3 Å². The summed E-state index contributed by atoms with van der Waals surface area (Å²) in [6.45, 7) is 0. The van der Waals surface area contributed by atoms with E-state index in [1.54, 1.807) is 0 Å². The van der Waals surface area contributed by atoms with Crippen LogP contribution in [0.1, 0.15) is 0 Å². The zero-order valence-electron chi connectivity index (χ0n) is 2.67. The molecule has 0 aliphatic heterocycles. The van der Waals surface area contributed by atoms with Crippen LogP contribution in [0.2, 0.25) is 0 Å². The predicted molar refractivity (Wildman–Crippen MR) is 8.78 cm³/mol. The van der Waals surface area contributed by atoms with E-state index in [1.807, 2.05) is 0 Å². The molecule has 0 atom stereocenters. The average molecular weight is 304 g/mol. The minimum absolute atomic E-state index is 0. The second kappa shape index (κ2) is 9.99. The first-order chi connectivity index (χ1) is 1.73. The van der Waals surface area contributed by atoms with Crippen molar-refractivity contribution in [3.63, 3.8) is 0 Å². The standard InChI is InChI=1S/Eu.HNO3.Y/c;2-1(3)4;/h;(H,2,3,4);. The summed E-state index contributed by atoms with van der Waals surface area (Å²) >= 11 is 0. The largest absolute Gasteiger partial charge is 0.328 e. The third-order valence-corrected chi connectivity index (χ3v) is 0. The predicted octanol–water partition coefficient (Wildman–Crippen LogP) is -0.350. The quantitative estimate of drug-likeness (QED) is 0.491.